The zero-order valence-corrected chi connectivity index (χ0v) is 12.7. The summed E-state index contributed by atoms with van der Waals surface area (Å²) >= 11 is 0. The van der Waals surface area contributed by atoms with Gasteiger partial charge < -0.3 is 5.32 Å². The van der Waals surface area contributed by atoms with E-state index in [4.69, 9.17) is 0 Å². The van der Waals surface area contributed by atoms with Crippen LogP contribution in [0.4, 0.5) is 11.5 Å². The van der Waals surface area contributed by atoms with E-state index in [1.807, 2.05) is 16.9 Å². The van der Waals surface area contributed by atoms with E-state index in [-0.39, 0.29) is 5.69 Å². The van der Waals surface area contributed by atoms with E-state index in [9.17, 15) is 15.4 Å². The molecule has 2 heterocycles. The fraction of sp³-hybridized carbons (Fsp3) is 0.188. The Hall–Kier alpha value is -3.47. The van der Waals surface area contributed by atoms with Crippen molar-refractivity contribution >= 4 is 22.4 Å². The predicted molar refractivity (Wildman–Crippen MR) is 88.4 cm³/mol. The van der Waals surface area contributed by atoms with Gasteiger partial charge in [-0.25, -0.2) is 4.98 Å². The first-order valence-corrected chi connectivity index (χ1v) is 7.38. The standard InChI is InChI=1S/C16H14N6O2/c17-11-12-9-16(18-5-1-7-21-8-2-6-19-21)20-15-4-3-13(22(23)24)10-14(12)15/h2-4,6,8-10H,1,5,7H2,(H,18,20). The minimum absolute atomic E-state index is 0.0549. The lowest BCUT2D eigenvalue weighted by Gasteiger charge is -2.08. The number of anilines is 1. The number of nitriles is 1. The summed E-state index contributed by atoms with van der Waals surface area (Å²) in [6, 6.07) is 9.88. The van der Waals surface area contributed by atoms with Crippen molar-refractivity contribution in [2.24, 2.45) is 0 Å². The fourth-order valence-electron chi connectivity index (χ4n) is 2.40. The number of nitro benzene ring substituents is 1. The molecule has 0 saturated heterocycles. The normalized spacial score (nSPS) is 10.5. The molecule has 8 nitrogen and oxygen atoms in total. The van der Waals surface area contributed by atoms with Gasteiger partial charge in [-0.2, -0.15) is 10.4 Å². The average Bonchev–Trinajstić information content (AvgIpc) is 3.10. The van der Waals surface area contributed by atoms with Crippen LogP contribution in [0.1, 0.15) is 12.0 Å². The molecule has 0 spiro atoms. The summed E-state index contributed by atoms with van der Waals surface area (Å²) in [7, 11) is 0. The maximum atomic E-state index is 10.9. The van der Waals surface area contributed by atoms with Crippen molar-refractivity contribution in [2.75, 3.05) is 11.9 Å². The van der Waals surface area contributed by atoms with E-state index in [0.717, 1.165) is 13.0 Å². The molecule has 24 heavy (non-hydrogen) atoms. The number of nitrogens with one attached hydrogen (secondary N) is 1. The number of rotatable bonds is 6. The molecule has 0 fully saturated rings. The molecule has 0 radical (unpaired) electrons. The molecule has 0 bridgehead atoms. The molecule has 0 atom stereocenters. The third-order valence-corrected chi connectivity index (χ3v) is 3.55. The van der Waals surface area contributed by atoms with E-state index in [1.54, 1.807) is 18.3 Å². The van der Waals surface area contributed by atoms with Gasteiger partial charge >= 0.3 is 0 Å². The topological polar surface area (TPSA) is 110 Å². The highest BCUT2D eigenvalue weighted by Crippen LogP contribution is 2.24. The molecule has 2 aromatic heterocycles. The van der Waals surface area contributed by atoms with Crippen molar-refractivity contribution in [3.63, 3.8) is 0 Å². The minimum Gasteiger partial charge on any atom is -0.370 e. The van der Waals surface area contributed by atoms with Gasteiger partial charge in [0.05, 0.1) is 22.1 Å². The summed E-state index contributed by atoms with van der Waals surface area (Å²) in [5, 5.41) is 27.9. The Morgan fingerprint density at radius 3 is 2.96 bits per heavy atom. The minimum atomic E-state index is -0.484. The molecule has 0 aliphatic carbocycles. The number of aryl methyl sites for hydroxylation is 1. The van der Waals surface area contributed by atoms with Gasteiger partial charge in [0, 0.05) is 43.0 Å². The van der Waals surface area contributed by atoms with Crippen LogP contribution in [0, 0.1) is 21.4 Å². The summed E-state index contributed by atoms with van der Waals surface area (Å²) in [5.74, 6) is 0.577. The van der Waals surface area contributed by atoms with Crippen LogP contribution in [0.2, 0.25) is 0 Å². The number of fused-ring (bicyclic) bond motifs is 1. The summed E-state index contributed by atoms with van der Waals surface area (Å²) in [6.45, 7) is 1.46. The van der Waals surface area contributed by atoms with Gasteiger partial charge in [-0.3, -0.25) is 14.8 Å². The Labute approximate surface area is 137 Å². The van der Waals surface area contributed by atoms with Crippen molar-refractivity contribution in [3.8, 4) is 6.07 Å². The van der Waals surface area contributed by atoms with Crippen LogP contribution in [0.3, 0.4) is 0 Å². The Balaban J connectivity index is 1.75. The van der Waals surface area contributed by atoms with Crippen LogP contribution in [-0.2, 0) is 6.54 Å². The molecule has 0 unspecified atom stereocenters. The summed E-state index contributed by atoms with van der Waals surface area (Å²) < 4.78 is 1.84. The number of non-ortho nitro benzene ring substituents is 1. The molecule has 1 N–H and O–H groups in total. The van der Waals surface area contributed by atoms with Crippen molar-refractivity contribution in [1.82, 2.24) is 14.8 Å². The van der Waals surface area contributed by atoms with Crippen molar-refractivity contribution in [2.45, 2.75) is 13.0 Å². The number of pyridine rings is 1. The zero-order valence-electron chi connectivity index (χ0n) is 12.7. The molecule has 3 aromatic rings. The third kappa shape index (κ3) is 3.30. The number of aromatic nitrogens is 3. The van der Waals surface area contributed by atoms with Gasteiger partial charge in [-0.05, 0) is 24.6 Å². The van der Waals surface area contributed by atoms with Crippen LogP contribution >= 0.6 is 0 Å². The summed E-state index contributed by atoms with van der Waals surface area (Å²) in [5.41, 5.74) is 0.855. The van der Waals surface area contributed by atoms with Gasteiger partial charge in [-0.15, -0.1) is 0 Å². The van der Waals surface area contributed by atoms with E-state index in [2.05, 4.69) is 21.5 Å². The smallest absolute Gasteiger partial charge is 0.270 e. The molecule has 0 saturated carbocycles. The maximum Gasteiger partial charge on any atom is 0.270 e. The Kier molecular flexibility index (Phi) is 4.34. The monoisotopic (exact) mass is 322 g/mol. The van der Waals surface area contributed by atoms with Crippen molar-refractivity contribution in [1.29, 1.82) is 5.26 Å². The number of hydrogen-bond acceptors (Lipinski definition) is 6. The van der Waals surface area contributed by atoms with Gasteiger partial charge in [0.15, 0.2) is 0 Å². The average molecular weight is 322 g/mol. The third-order valence-electron chi connectivity index (χ3n) is 3.55. The largest absolute Gasteiger partial charge is 0.370 e. The van der Waals surface area contributed by atoms with E-state index in [1.165, 1.54) is 12.1 Å². The summed E-state index contributed by atoms with van der Waals surface area (Å²) in [4.78, 5) is 14.8. The van der Waals surface area contributed by atoms with Crippen LogP contribution in [0.15, 0.2) is 42.7 Å². The maximum absolute atomic E-state index is 10.9. The second-order valence-electron chi connectivity index (χ2n) is 5.17. The fourth-order valence-corrected chi connectivity index (χ4v) is 2.40. The number of nitro groups is 1. The second kappa shape index (κ2) is 6.75. The quantitative estimate of drug-likeness (QED) is 0.424. The Morgan fingerprint density at radius 1 is 1.38 bits per heavy atom. The molecule has 1 aromatic carbocycles. The molecule has 3 rings (SSSR count). The SMILES string of the molecule is N#Cc1cc(NCCCn2cccn2)nc2ccc([N+](=O)[O-])cc12. The highest BCUT2D eigenvalue weighted by Gasteiger charge is 2.11. The number of hydrogen-bond donors (Lipinski definition) is 1. The molecule has 8 heteroatoms. The van der Waals surface area contributed by atoms with Gasteiger partial charge in [0.2, 0.25) is 0 Å². The predicted octanol–water partition coefficient (Wildman–Crippen LogP) is 2.71. The van der Waals surface area contributed by atoms with Crippen molar-refractivity contribution < 1.29 is 4.92 Å². The van der Waals surface area contributed by atoms with Crippen LogP contribution in [0.25, 0.3) is 10.9 Å². The van der Waals surface area contributed by atoms with Crippen molar-refractivity contribution in [3.05, 3.63) is 58.4 Å². The molecule has 0 aliphatic rings. The van der Waals surface area contributed by atoms with E-state index < -0.39 is 4.92 Å². The van der Waals surface area contributed by atoms with Gasteiger partial charge in [-0.1, -0.05) is 0 Å². The van der Waals surface area contributed by atoms with Crippen LogP contribution in [0.5, 0.6) is 0 Å². The lowest BCUT2D eigenvalue weighted by Crippen LogP contribution is -2.08. The molecular weight excluding hydrogens is 308 g/mol. The molecule has 0 amide bonds. The highest BCUT2D eigenvalue weighted by atomic mass is 16.6. The van der Waals surface area contributed by atoms with Gasteiger partial charge in [0.1, 0.15) is 5.82 Å². The zero-order chi connectivity index (χ0) is 16.9. The van der Waals surface area contributed by atoms with E-state index in [0.29, 0.717) is 28.8 Å². The lowest BCUT2D eigenvalue weighted by molar-refractivity contribution is -0.384. The van der Waals surface area contributed by atoms with Gasteiger partial charge in [0.25, 0.3) is 5.69 Å². The first-order valence-electron chi connectivity index (χ1n) is 7.38. The Morgan fingerprint density at radius 2 is 2.25 bits per heavy atom. The van der Waals surface area contributed by atoms with E-state index >= 15 is 0 Å². The Bertz CT molecular complexity index is 914. The number of benzene rings is 1. The molecular formula is C16H14N6O2. The number of nitrogens with zero attached hydrogens (tertiary/aromatic N) is 5. The summed E-state index contributed by atoms with van der Waals surface area (Å²) in [6.07, 6.45) is 4.48. The molecule has 0 aliphatic heterocycles. The highest BCUT2D eigenvalue weighted by molar-refractivity contribution is 5.88. The molecule has 120 valence electrons. The first kappa shape index (κ1) is 15.4. The van der Waals surface area contributed by atoms with Crippen LogP contribution in [-0.4, -0.2) is 26.2 Å². The second-order valence-corrected chi connectivity index (χ2v) is 5.17. The first-order chi connectivity index (χ1) is 11.7. The lowest BCUT2D eigenvalue weighted by atomic mass is 10.1. The van der Waals surface area contributed by atoms with Crippen LogP contribution < -0.4 is 5.32 Å².